The van der Waals surface area contributed by atoms with Crippen molar-refractivity contribution >= 4 is 40.2 Å². The van der Waals surface area contributed by atoms with Gasteiger partial charge < -0.3 is 5.32 Å². The second-order valence-corrected chi connectivity index (χ2v) is 7.84. The summed E-state index contributed by atoms with van der Waals surface area (Å²) in [5, 5.41) is 9.03. The molecule has 0 fully saturated rings. The second kappa shape index (κ2) is 7.78. The average molecular weight is 409 g/mol. The number of thiazole rings is 1. The Hall–Kier alpha value is -1.89. The fraction of sp³-hybridized carbons (Fsp3) is 0.278. The third-order valence-electron chi connectivity index (χ3n) is 3.98. The molecule has 0 spiro atoms. The van der Waals surface area contributed by atoms with Gasteiger partial charge in [-0.1, -0.05) is 36.2 Å². The van der Waals surface area contributed by atoms with Crippen molar-refractivity contribution in [1.29, 1.82) is 0 Å². The van der Waals surface area contributed by atoms with Crippen LogP contribution in [0.2, 0.25) is 10.0 Å². The molecule has 1 N–H and O–H groups in total. The summed E-state index contributed by atoms with van der Waals surface area (Å²) in [4.78, 5) is 18.3. The molecule has 3 rings (SSSR count). The van der Waals surface area contributed by atoms with Gasteiger partial charge in [-0.15, -0.1) is 11.3 Å². The molecule has 2 heterocycles. The van der Waals surface area contributed by atoms with E-state index in [0.717, 1.165) is 17.0 Å². The van der Waals surface area contributed by atoms with Gasteiger partial charge in [0.15, 0.2) is 0 Å². The number of hydrogen-bond donors (Lipinski definition) is 1. The molecule has 0 aliphatic heterocycles. The van der Waals surface area contributed by atoms with Crippen molar-refractivity contribution in [1.82, 2.24) is 14.8 Å². The fourth-order valence-corrected chi connectivity index (χ4v) is 3.63. The number of rotatable bonds is 5. The molecule has 0 bridgehead atoms. The third kappa shape index (κ3) is 3.77. The van der Waals surface area contributed by atoms with E-state index >= 15 is 0 Å². The predicted octanol–water partition coefficient (Wildman–Crippen LogP) is 5.04. The number of halogens is 2. The van der Waals surface area contributed by atoms with Crippen LogP contribution in [-0.4, -0.2) is 14.8 Å². The monoisotopic (exact) mass is 408 g/mol. The van der Waals surface area contributed by atoms with Crippen molar-refractivity contribution in [3.63, 3.8) is 0 Å². The summed E-state index contributed by atoms with van der Waals surface area (Å²) in [6, 6.07) is 5.23. The lowest BCUT2D eigenvalue weighted by Crippen LogP contribution is -2.23. The SMILES string of the molecule is CCc1cnc(C(C)Nc2cnn(-c3ccc(C)c(Cl)c3)c(=O)c2Cl)s1. The molecule has 136 valence electrons. The molecule has 8 heteroatoms. The number of benzene rings is 1. The van der Waals surface area contributed by atoms with Crippen molar-refractivity contribution in [3.05, 3.63) is 66.4 Å². The maximum Gasteiger partial charge on any atom is 0.292 e. The molecule has 2 aromatic heterocycles. The van der Waals surface area contributed by atoms with Gasteiger partial charge in [0.2, 0.25) is 0 Å². The van der Waals surface area contributed by atoms with E-state index in [1.54, 1.807) is 29.7 Å². The first-order chi connectivity index (χ1) is 12.4. The van der Waals surface area contributed by atoms with Gasteiger partial charge in [0.25, 0.3) is 5.56 Å². The van der Waals surface area contributed by atoms with Crippen LogP contribution < -0.4 is 10.9 Å². The van der Waals surface area contributed by atoms with Crippen molar-refractivity contribution in [2.75, 3.05) is 5.32 Å². The lowest BCUT2D eigenvalue weighted by atomic mass is 10.2. The van der Waals surface area contributed by atoms with Crippen molar-refractivity contribution < 1.29 is 0 Å². The Labute approximate surface area is 165 Å². The Kier molecular flexibility index (Phi) is 5.65. The first-order valence-corrected chi connectivity index (χ1v) is 9.73. The first-order valence-electron chi connectivity index (χ1n) is 8.16. The molecule has 1 aromatic carbocycles. The van der Waals surface area contributed by atoms with Crippen LogP contribution in [-0.2, 0) is 6.42 Å². The van der Waals surface area contributed by atoms with E-state index in [4.69, 9.17) is 23.2 Å². The van der Waals surface area contributed by atoms with Gasteiger partial charge in [-0.3, -0.25) is 4.79 Å². The Morgan fingerprint density at radius 3 is 2.73 bits per heavy atom. The van der Waals surface area contributed by atoms with Crippen molar-refractivity contribution in [2.45, 2.75) is 33.2 Å². The molecule has 1 atom stereocenters. The van der Waals surface area contributed by atoms with Gasteiger partial charge >= 0.3 is 0 Å². The number of anilines is 1. The summed E-state index contributed by atoms with van der Waals surface area (Å²) < 4.78 is 1.24. The molecular formula is C18H18Cl2N4OS. The number of aryl methyl sites for hydroxylation is 2. The first kappa shape index (κ1) is 18.9. The van der Waals surface area contributed by atoms with E-state index < -0.39 is 5.56 Å². The van der Waals surface area contributed by atoms with Gasteiger partial charge in [-0.2, -0.15) is 9.78 Å². The molecule has 1 unspecified atom stereocenters. The molecule has 3 aromatic rings. The van der Waals surface area contributed by atoms with E-state index in [2.05, 4.69) is 22.3 Å². The van der Waals surface area contributed by atoms with Crippen LogP contribution in [0.25, 0.3) is 5.69 Å². The van der Waals surface area contributed by atoms with E-state index in [1.165, 1.54) is 9.56 Å². The molecule has 0 saturated carbocycles. The Bertz CT molecular complexity index is 999. The smallest absolute Gasteiger partial charge is 0.292 e. The second-order valence-electron chi connectivity index (χ2n) is 5.91. The highest BCUT2D eigenvalue weighted by Crippen LogP contribution is 2.26. The van der Waals surface area contributed by atoms with Gasteiger partial charge in [0.1, 0.15) is 10.0 Å². The largest absolute Gasteiger partial charge is 0.373 e. The molecule has 0 amide bonds. The zero-order chi connectivity index (χ0) is 18.8. The number of hydrogen-bond acceptors (Lipinski definition) is 5. The fourth-order valence-electron chi connectivity index (χ4n) is 2.41. The Balaban J connectivity index is 1.89. The lowest BCUT2D eigenvalue weighted by molar-refractivity contribution is 0.798. The van der Waals surface area contributed by atoms with Crippen molar-refractivity contribution in [3.8, 4) is 5.69 Å². The topological polar surface area (TPSA) is 59.8 Å². The number of nitrogens with zero attached hydrogens (tertiary/aromatic N) is 3. The summed E-state index contributed by atoms with van der Waals surface area (Å²) in [6.07, 6.45) is 4.36. The maximum absolute atomic E-state index is 12.6. The van der Waals surface area contributed by atoms with Crippen LogP contribution in [0.5, 0.6) is 0 Å². The van der Waals surface area contributed by atoms with Crippen molar-refractivity contribution in [2.24, 2.45) is 0 Å². The zero-order valence-electron chi connectivity index (χ0n) is 14.6. The van der Waals surface area contributed by atoms with Crippen LogP contribution in [0.4, 0.5) is 5.69 Å². The highest BCUT2D eigenvalue weighted by molar-refractivity contribution is 7.11. The molecule has 26 heavy (non-hydrogen) atoms. The summed E-state index contributed by atoms with van der Waals surface area (Å²) >= 11 is 14.1. The summed E-state index contributed by atoms with van der Waals surface area (Å²) in [5.41, 5.74) is 1.57. The van der Waals surface area contributed by atoms with Crippen LogP contribution in [0, 0.1) is 6.92 Å². The minimum Gasteiger partial charge on any atom is -0.373 e. The van der Waals surface area contributed by atoms with Gasteiger partial charge in [0, 0.05) is 16.1 Å². The van der Waals surface area contributed by atoms with Crippen LogP contribution in [0.1, 0.15) is 35.3 Å². The summed E-state index contributed by atoms with van der Waals surface area (Å²) in [5.74, 6) is 0. The standard InChI is InChI=1S/C18H18Cl2N4OS/c1-4-13-8-21-17(26-13)11(3)23-15-9-22-24(18(25)16(15)20)12-6-5-10(2)14(19)7-12/h5-9,11,23H,4H2,1-3H3. The van der Waals surface area contributed by atoms with E-state index in [1.807, 2.05) is 26.1 Å². The highest BCUT2D eigenvalue weighted by Gasteiger charge is 2.16. The van der Waals surface area contributed by atoms with Crippen LogP contribution >= 0.6 is 34.5 Å². The summed E-state index contributed by atoms with van der Waals surface area (Å²) in [6.45, 7) is 5.96. The predicted molar refractivity (Wildman–Crippen MR) is 108 cm³/mol. The van der Waals surface area contributed by atoms with E-state index in [0.29, 0.717) is 16.4 Å². The van der Waals surface area contributed by atoms with E-state index in [9.17, 15) is 4.79 Å². The summed E-state index contributed by atoms with van der Waals surface area (Å²) in [7, 11) is 0. The third-order valence-corrected chi connectivity index (χ3v) is 6.08. The van der Waals surface area contributed by atoms with Gasteiger partial charge in [0.05, 0.1) is 23.6 Å². The maximum atomic E-state index is 12.6. The number of aromatic nitrogens is 3. The molecular weight excluding hydrogens is 391 g/mol. The minimum atomic E-state index is -0.405. The molecule has 0 aliphatic rings. The molecule has 0 aliphatic carbocycles. The average Bonchev–Trinajstić information content (AvgIpc) is 3.11. The lowest BCUT2D eigenvalue weighted by Gasteiger charge is -2.14. The van der Waals surface area contributed by atoms with Gasteiger partial charge in [-0.25, -0.2) is 4.98 Å². The Morgan fingerprint density at radius 2 is 2.08 bits per heavy atom. The normalized spacial score (nSPS) is 12.2. The highest BCUT2D eigenvalue weighted by atomic mass is 35.5. The quantitative estimate of drug-likeness (QED) is 0.642. The minimum absolute atomic E-state index is 0.0795. The molecule has 0 saturated heterocycles. The van der Waals surface area contributed by atoms with Gasteiger partial charge in [-0.05, 0) is 38.0 Å². The zero-order valence-corrected chi connectivity index (χ0v) is 16.9. The van der Waals surface area contributed by atoms with E-state index in [-0.39, 0.29) is 11.1 Å². The number of nitrogens with one attached hydrogen (secondary N) is 1. The molecule has 5 nitrogen and oxygen atoms in total. The van der Waals surface area contributed by atoms with Crippen LogP contribution in [0.3, 0.4) is 0 Å². The molecule has 0 radical (unpaired) electrons. The van der Waals surface area contributed by atoms with Crippen LogP contribution in [0.15, 0.2) is 35.4 Å². The Morgan fingerprint density at radius 1 is 1.31 bits per heavy atom.